The molecule has 7 heteroatoms. The van der Waals surface area contributed by atoms with E-state index in [1.54, 1.807) is 6.07 Å². The molecule has 0 bridgehead atoms. The second-order valence-corrected chi connectivity index (χ2v) is 7.49. The van der Waals surface area contributed by atoms with E-state index in [4.69, 9.17) is 14.0 Å². The molecule has 2 N–H and O–H groups in total. The SMILES string of the molecule is COC(=O)c1cc2ccc(C=C(CO)B3OC(C)(C)C(C)(C)O3)cc2[nH]1. The number of methoxy groups -OCH3 is 1. The Hall–Kier alpha value is -2.09. The number of hydrogen-bond donors (Lipinski definition) is 2. The maximum absolute atomic E-state index is 11.7. The minimum atomic E-state index is -0.602. The monoisotopic (exact) mass is 357 g/mol. The van der Waals surface area contributed by atoms with Gasteiger partial charge in [0.2, 0.25) is 0 Å². The highest BCUT2D eigenvalue weighted by molar-refractivity contribution is 6.55. The van der Waals surface area contributed by atoms with Crippen LogP contribution in [0, 0.1) is 0 Å². The van der Waals surface area contributed by atoms with Gasteiger partial charge >= 0.3 is 13.1 Å². The van der Waals surface area contributed by atoms with E-state index < -0.39 is 24.3 Å². The smallest absolute Gasteiger partial charge is 0.464 e. The highest BCUT2D eigenvalue weighted by Gasteiger charge is 2.52. The van der Waals surface area contributed by atoms with Crippen LogP contribution in [0.1, 0.15) is 43.7 Å². The Labute approximate surface area is 153 Å². The summed E-state index contributed by atoms with van der Waals surface area (Å²) in [5, 5.41) is 10.7. The van der Waals surface area contributed by atoms with Gasteiger partial charge in [-0.25, -0.2) is 4.79 Å². The first-order chi connectivity index (χ1) is 12.2. The minimum Gasteiger partial charge on any atom is -0.464 e. The molecular weight excluding hydrogens is 333 g/mol. The summed E-state index contributed by atoms with van der Waals surface area (Å²) < 4.78 is 16.8. The Morgan fingerprint density at radius 1 is 1.23 bits per heavy atom. The van der Waals surface area contributed by atoms with E-state index in [1.165, 1.54) is 7.11 Å². The van der Waals surface area contributed by atoms with Gasteiger partial charge in [-0.3, -0.25) is 0 Å². The lowest BCUT2D eigenvalue weighted by molar-refractivity contribution is 0.00578. The zero-order valence-corrected chi connectivity index (χ0v) is 15.8. The van der Waals surface area contributed by atoms with E-state index in [0.29, 0.717) is 11.2 Å². The van der Waals surface area contributed by atoms with Crippen molar-refractivity contribution in [3.63, 3.8) is 0 Å². The van der Waals surface area contributed by atoms with Gasteiger partial charge in [-0.15, -0.1) is 0 Å². The fourth-order valence-electron chi connectivity index (χ4n) is 2.85. The molecule has 2 aromatic rings. The average Bonchev–Trinajstić information content (AvgIpc) is 3.09. The summed E-state index contributed by atoms with van der Waals surface area (Å²) in [7, 11) is 0.745. The maximum Gasteiger partial charge on any atom is 0.492 e. The third kappa shape index (κ3) is 3.30. The molecule has 26 heavy (non-hydrogen) atoms. The number of benzene rings is 1. The molecule has 138 valence electrons. The van der Waals surface area contributed by atoms with Crippen LogP contribution in [0.15, 0.2) is 29.7 Å². The van der Waals surface area contributed by atoms with Crippen molar-refractivity contribution in [2.75, 3.05) is 13.7 Å². The Bertz CT molecular complexity index is 852. The van der Waals surface area contributed by atoms with Crippen LogP contribution in [0.25, 0.3) is 17.0 Å². The van der Waals surface area contributed by atoms with Crippen molar-refractivity contribution >= 4 is 30.1 Å². The molecule has 0 spiro atoms. The number of nitrogens with one attached hydrogen (secondary N) is 1. The van der Waals surface area contributed by atoms with E-state index in [9.17, 15) is 9.90 Å². The molecule has 1 aliphatic rings. The molecule has 6 nitrogen and oxygen atoms in total. The maximum atomic E-state index is 11.7. The summed E-state index contributed by atoms with van der Waals surface area (Å²) >= 11 is 0. The Balaban J connectivity index is 1.91. The molecule has 1 aromatic carbocycles. The van der Waals surface area contributed by atoms with Crippen LogP contribution in [0.4, 0.5) is 0 Å². The topological polar surface area (TPSA) is 80.8 Å². The minimum absolute atomic E-state index is 0.174. The van der Waals surface area contributed by atoms with Crippen molar-refractivity contribution in [2.45, 2.75) is 38.9 Å². The van der Waals surface area contributed by atoms with Gasteiger partial charge in [0.1, 0.15) is 5.69 Å². The summed E-state index contributed by atoms with van der Waals surface area (Å²) in [4.78, 5) is 14.7. The number of carbonyl (C=O) groups is 1. The lowest BCUT2D eigenvalue weighted by atomic mass is 9.77. The molecular formula is C19H24BNO5. The molecule has 0 aliphatic carbocycles. The van der Waals surface area contributed by atoms with Crippen molar-refractivity contribution in [1.29, 1.82) is 0 Å². The number of aromatic amines is 1. The summed E-state index contributed by atoms with van der Waals surface area (Å²) in [6.45, 7) is 7.72. The van der Waals surface area contributed by atoms with Gasteiger partial charge in [0, 0.05) is 10.9 Å². The number of aromatic nitrogens is 1. The zero-order valence-electron chi connectivity index (χ0n) is 15.8. The van der Waals surface area contributed by atoms with Crippen LogP contribution in [-0.4, -0.2) is 48.1 Å². The lowest BCUT2D eigenvalue weighted by Crippen LogP contribution is -2.41. The first-order valence-electron chi connectivity index (χ1n) is 8.55. The van der Waals surface area contributed by atoms with Gasteiger partial charge < -0.3 is 24.1 Å². The fraction of sp³-hybridized carbons (Fsp3) is 0.421. The number of esters is 1. The molecule has 0 radical (unpaired) electrons. The van der Waals surface area contributed by atoms with E-state index in [0.717, 1.165) is 16.5 Å². The van der Waals surface area contributed by atoms with Gasteiger partial charge in [0.25, 0.3) is 0 Å². The average molecular weight is 357 g/mol. The first kappa shape index (κ1) is 18.7. The third-order valence-corrected chi connectivity index (χ3v) is 5.14. The predicted molar refractivity (Wildman–Crippen MR) is 101 cm³/mol. The van der Waals surface area contributed by atoms with Crippen molar-refractivity contribution in [1.82, 2.24) is 4.98 Å². The zero-order chi connectivity index (χ0) is 19.1. The number of fused-ring (bicyclic) bond motifs is 1. The number of ether oxygens (including phenoxy) is 1. The van der Waals surface area contributed by atoms with Crippen molar-refractivity contribution in [3.05, 3.63) is 41.0 Å². The lowest BCUT2D eigenvalue weighted by Gasteiger charge is -2.32. The molecule has 0 amide bonds. The number of hydrogen-bond acceptors (Lipinski definition) is 5. The second-order valence-electron chi connectivity index (χ2n) is 7.49. The van der Waals surface area contributed by atoms with Crippen LogP contribution >= 0.6 is 0 Å². The summed E-state index contributed by atoms with van der Waals surface area (Å²) in [6.07, 6.45) is 1.85. The number of rotatable bonds is 4. The van der Waals surface area contributed by atoms with E-state index in [1.807, 2.05) is 52.0 Å². The Morgan fingerprint density at radius 3 is 2.46 bits per heavy atom. The van der Waals surface area contributed by atoms with E-state index in [2.05, 4.69) is 4.98 Å². The number of H-pyrrole nitrogens is 1. The van der Waals surface area contributed by atoms with Gasteiger partial charge in [-0.1, -0.05) is 18.2 Å². The molecule has 1 aliphatic heterocycles. The van der Waals surface area contributed by atoms with Crippen LogP contribution < -0.4 is 0 Å². The van der Waals surface area contributed by atoms with Gasteiger partial charge in [-0.2, -0.15) is 0 Å². The third-order valence-electron chi connectivity index (χ3n) is 5.14. The molecule has 0 atom stereocenters. The quantitative estimate of drug-likeness (QED) is 0.650. The van der Waals surface area contributed by atoms with Crippen molar-refractivity contribution in [3.8, 4) is 0 Å². The number of aliphatic hydroxyl groups is 1. The largest absolute Gasteiger partial charge is 0.492 e. The Morgan fingerprint density at radius 2 is 1.88 bits per heavy atom. The van der Waals surface area contributed by atoms with Gasteiger partial charge in [0.05, 0.1) is 24.9 Å². The standard InChI is InChI=1S/C19H24BNO5/c1-18(2)19(3,4)26-20(25-18)14(11-22)8-12-6-7-13-10-16(17(23)24-5)21-15(13)9-12/h6-10,21-22H,11H2,1-5H3. The van der Waals surface area contributed by atoms with Crippen molar-refractivity contribution < 1.29 is 23.9 Å². The van der Waals surface area contributed by atoms with Crippen molar-refractivity contribution in [2.24, 2.45) is 0 Å². The molecule has 1 saturated heterocycles. The summed E-state index contributed by atoms with van der Waals surface area (Å²) in [6, 6.07) is 7.47. The first-order valence-corrected chi connectivity index (χ1v) is 8.55. The summed E-state index contributed by atoms with van der Waals surface area (Å²) in [5.41, 5.74) is 1.79. The van der Waals surface area contributed by atoms with Crippen LogP contribution in [0.5, 0.6) is 0 Å². The highest BCUT2D eigenvalue weighted by Crippen LogP contribution is 2.38. The number of carbonyl (C=O) groups excluding carboxylic acids is 1. The van der Waals surface area contributed by atoms with Crippen LogP contribution in [0.3, 0.4) is 0 Å². The predicted octanol–water partition coefficient (Wildman–Crippen LogP) is 2.96. The molecule has 2 heterocycles. The van der Waals surface area contributed by atoms with E-state index in [-0.39, 0.29) is 6.61 Å². The molecule has 0 saturated carbocycles. The highest BCUT2D eigenvalue weighted by atomic mass is 16.7. The van der Waals surface area contributed by atoms with E-state index >= 15 is 0 Å². The van der Waals surface area contributed by atoms with Crippen LogP contribution in [-0.2, 0) is 14.0 Å². The molecule has 1 aromatic heterocycles. The molecule has 0 unspecified atom stereocenters. The summed E-state index contributed by atoms with van der Waals surface area (Å²) in [5.74, 6) is -0.411. The second kappa shape index (κ2) is 6.57. The normalized spacial score (nSPS) is 19.2. The molecule has 3 rings (SSSR count). The van der Waals surface area contributed by atoms with Crippen LogP contribution in [0.2, 0.25) is 0 Å². The Kier molecular flexibility index (Phi) is 4.73. The van der Waals surface area contributed by atoms with Gasteiger partial charge in [-0.05, 0) is 50.9 Å². The number of aliphatic hydroxyl groups excluding tert-OH is 1. The van der Waals surface area contributed by atoms with Gasteiger partial charge in [0.15, 0.2) is 0 Å². The fourth-order valence-corrected chi connectivity index (χ4v) is 2.85. The molecule has 1 fully saturated rings.